The van der Waals surface area contributed by atoms with Crippen molar-refractivity contribution in [3.8, 4) is 0 Å². The first-order valence-electron chi connectivity index (χ1n) is 8.66. The maximum atomic E-state index is 12.0. The molecule has 0 spiro atoms. The predicted molar refractivity (Wildman–Crippen MR) is 105 cm³/mol. The average Bonchev–Trinajstić information content (AvgIpc) is 2.90. The third kappa shape index (κ3) is 3.62. The maximum absolute atomic E-state index is 12.0. The molecular weight excluding hydrogens is 330 g/mol. The fourth-order valence-electron chi connectivity index (χ4n) is 2.62. The summed E-state index contributed by atoms with van der Waals surface area (Å²) in [5.74, 6) is 0.527. The van der Waals surface area contributed by atoms with Crippen LogP contribution in [0.3, 0.4) is 0 Å². The lowest BCUT2D eigenvalue weighted by Crippen LogP contribution is -2.54. The van der Waals surface area contributed by atoms with Crippen molar-refractivity contribution in [3.63, 3.8) is 0 Å². The molecule has 0 aromatic heterocycles. The molecule has 25 heavy (non-hydrogen) atoms. The number of carbonyl (C=O) groups excluding carboxylic acids is 1. The molecular formula is C20H29NO3Si. The highest BCUT2D eigenvalue weighted by atomic mass is 28.4. The molecule has 1 aromatic carbocycles. The van der Waals surface area contributed by atoms with Gasteiger partial charge in [0.05, 0.1) is 0 Å². The van der Waals surface area contributed by atoms with Crippen molar-refractivity contribution < 1.29 is 14.0 Å². The van der Waals surface area contributed by atoms with Gasteiger partial charge >= 0.3 is 0 Å². The third-order valence-corrected chi connectivity index (χ3v) is 9.85. The highest BCUT2D eigenvalue weighted by molar-refractivity contribution is 6.74. The van der Waals surface area contributed by atoms with Crippen molar-refractivity contribution in [2.24, 2.45) is 4.99 Å². The van der Waals surface area contributed by atoms with Crippen LogP contribution in [0.15, 0.2) is 48.0 Å². The van der Waals surface area contributed by atoms with Crippen molar-refractivity contribution in [2.45, 2.75) is 63.6 Å². The molecule has 4 nitrogen and oxygen atoms in total. The Bertz CT molecular complexity index is 663. The number of aliphatic imine (C=N–C) groups is 1. The largest absolute Gasteiger partial charge is 0.471 e. The van der Waals surface area contributed by atoms with Crippen molar-refractivity contribution >= 4 is 20.5 Å². The van der Waals surface area contributed by atoms with E-state index in [1.807, 2.05) is 37.3 Å². The summed E-state index contributed by atoms with van der Waals surface area (Å²) in [6, 6.07) is 9.69. The highest BCUT2D eigenvalue weighted by Gasteiger charge is 2.51. The van der Waals surface area contributed by atoms with E-state index in [1.54, 1.807) is 6.08 Å². The zero-order chi connectivity index (χ0) is 18.9. The van der Waals surface area contributed by atoms with Gasteiger partial charge in [-0.1, -0.05) is 45.0 Å². The average molecular weight is 360 g/mol. The van der Waals surface area contributed by atoms with Crippen LogP contribution < -0.4 is 0 Å². The summed E-state index contributed by atoms with van der Waals surface area (Å²) < 4.78 is 12.4. The van der Waals surface area contributed by atoms with E-state index in [9.17, 15) is 4.79 Å². The summed E-state index contributed by atoms with van der Waals surface area (Å²) in [4.78, 5) is 16.7. The molecule has 0 saturated carbocycles. The van der Waals surface area contributed by atoms with Crippen LogP contribution in [-0.4, -0.2) is 38.2 Å². The second kappa shape index (κ2) is 6.88. The van der Waals surface area contributed by atoms with Crippen LogP contribution in [-0.2, 0) is 14.0 Å². The molecule has 0 radical (unpaired) electrons. The van der Waals surface area contributed by atoms with Gasteiger partial charge < -0.3 is 14.0 Å². The van der Waals surface area contributed by atoms with Gasteiger partial charge in [-0.05, 0) is 37.2 Å². The van der Waals surface area contributed by atoms with E-state index in [0.29, 0.717) is 5.90 Å². The summed E-state index contributed by atoms with van der Waals surface area (Å²) in [5, 5.41) is -0.00864. The van der Waals surface area contributed by atoms with Gasteiger partial charge in [-0.15, -0.1) is 6.58 Å². The number of aldehydes is 1. The van der Waals surface area contributed by atoms with Crippen LogP contribution >= 0.6 is 0 Å². The zero-order valence-electron chi connectivity index (χ0n) is 16.1. The van der Waals surface area contributed by atoms with E-state index in [4.69, 9.17) is 14.2 Å². The molecule has 2 rings (SSSR count). The molecule has 1 aromatic rings. The van der Waals surface area contributed by atoms with Gasteiger partial charge in [-0.25, -0.2) is 4.99 Å². The number of benzene rings is 1. The third-order valence-electron chi connectivity index (χ3n) is 5.39. The molecule has 1 aliphatic heterocycles. The van der Waals surface area contributed by atoms with Crippen LogP contribution in [0, 0.1) is 0 Å². The van der Waals surface area contributed by atoms with Crippen molar-refractivity contribution in [2.75, 3.05) is 0 Å². The molecule has 3 atom stereocenters. The van der Waals surface area contributed by atoms with E-state index in [1.165, 1.54) is 0 Å². The second-order valence-electron chi connectivity index (χ2n) is 8.07. The minimum Gasteiger partial charge on any atom is -0.471 e. The molecule has 0 saturated heterocycles. The van der Waals surface area contributed by atoms with E-state index in [-0.39, 0.29) is 11.1 Å². The number of rotatable bonds is 6. The number of nitrogens with zero attached hydrogens (tertiary/aromatic N) is 1. The van der Waals surface area contributed by atoms with Gasteiger partial charge in [-0.3, -0.25) is 0 Å². The SMILES string of the molecule is C=C[C@@]1(C(C=O)O[Si](C)(C)C(C)(C)C)N=C(c2ccccc2)OC1C. The lowest BCUT2D eigenvalue weighted by atomic mass is 9.89. The highest BCUT2D eigenvalue weighted by Crippen LogP contribution is 2.41. The van der Waals surface area contributed by atoms with Gasteiger partial charge in [0.1, 0.15) is 12.2 Å². The van der Waals surface area contributed by atoms with E-state index in [0.717, 1.165) is 11.8 Å². The lowest BCUT2D eigenvalue weighted by molar-refractivity contribution is -0.117. The minimum atomic E-state index is -2.15. The Morgan fingerprint density at radius 1 is 1.32 bits per heavy atom. The summed E-state index contributed by atoms with van der Waals surface area (Å²) in [6.45, 7) is 16.6. The Morgan fingerprint density at radius 3 is 2.40 bits per heavy atom. The van der Waals surface area contributed by atoms with Gasteiger partial charge in [-0.2, -0.15) is 0 Å². The van der Waals surface area contributed by atoms with Crippen LogP contribution in [0.4, 0.5) is 0 Å². The lowest BCUT2D eigenvalue weighted by Gasteiger charge is -2.42. The Kier molecular flexibility index (Phi) is 5.40. The molecule has 0 bridgehead atoms. The Balaban J connectivity index is 2.42. The fourth-order valence-corrected chi connectivity index (χ4v) is 3.85. The minimum absolute atomic E-state index is 0.00864. The zero-order valence-corrected chi connectivity index (χ0v) is 17.1. The molecule has 0 aliphatic carbocycles. The van der Waals surface area contributed by atoms with Crippen molar-refractivity contribution in [1.82, 2.24) is 0 Å². The number of hydrogen-bond donors (Lipinski definition) is 0. The molecule has 1 aliphatic rings. The molecule has 2 unspecified atom stereocenters. The molecule has 0 amide bonds. The monoisotopic (exact) mass is 359 g/mol. The van der Waals surface area contributed by atoms with Gasteiger partial charge in [0.25, 0.3) is 0 Å². The van der Waals surface area contributed by atoms with E-state index in [2.05, 4.69) is 40.4 Å². The summed E-state index contributed by atoms with van der Waals surface area (Å²) in [7, 11) is -2.15. The van der Waals surface area contributed by atoms with Crippen LogP contribution in [0.1, 0.15) is 33.3 Å². The molecule has 0 N–H and O–H groups in total. The number of hydrogen-bond acceptors (Lipinski definition) is 4. The molecule has 5 heteroatoms. The Morgan fingerprint density at radius 2 is 1.92 bits per heavy atom. The topological polar surface area (TPSA) is 47.9 Å². The molecule has 136 valence electrons. The summed E-state index contributed by atoms with van der Waals surface area (Å²) in [6.07, 6.45) is 1.49. The molecule has 1 heterocycles. The van der Waals surface area contributed by atoms with Gasteiger partial charge in [0.2, 0.25) is 5.90 Å². The Hall–Kier alpha value is -1.72. The van der Waals surface area contributed by atoms with E-state index >= 15 is 0 Å². The quantitative estimate of drug-likeness (QED) is 0.430. The van der Waals surface area contributed by atoms with Gasteiger partial charge in [0.15, 0.2) is 20.1 Å². The number of carbonyl (C=O) groups is 1. The fraction of sp³-hybridized carbons (Fsp3) is 0.500. The maximum Gasteiger partial charge on any atom is 0.217 e. The van der Waals surface area contributed by atoms with E-state index < -0.39 is 20.0 Å². The van der Waals surface area contributed by atoms with Crippen molar-refractivity contribution in [1.29, 1.82) is 0 Å². The predicted octanol–water partition coefficient (Wildman–Crippen LogP) is 4.37. The smallest absolute Gasteiger partial charge is 0.217 e. The van der Waals surface area contributed by atoms with Gasteiger partial charge in [0, 0.05) is 5.56 Å². The standard InChI is InChI=1S/C20H29NO3Si/c1-8-20(17(14-22)24-25(6,7)19(3,4)5)15(2)23-18(21-20)16-12-10-9-11-13-16/h8-15,17H,1H2,2-7H3/t15?,17?,20-/m1/s1. The van der Waals surface area contributed by atoms with Crippen molar-refractivity contribution in [3.05, 3.63) is 48.6 Å². The normalized spacial score (nSPS) is 25.0. The number of ether oxygens (including phenoxy) is 1. The molecule has 0 fully saturated rings. The second-order valence-corrected chi connectivity index (χ2v) is 12.8. The summed E-state index contributed by atoms with van der Waals surface area (Å²) >= 11 is 0. The Labute approximate surface area is 152 Å². The first kappa shape index (κ1) is 19.6. The van der Waals surface area contributed by atoms with Crippen LogP contribution in [0.25, 0.3) is 0 Å². The first-order valence-corrected chi connectivity index (χ1v) is 11.6. The van der Waals surface area contributed by atoms with Crippen LogP contribution in [0.2, 0.25) is 18.1 Å². The first-order chi connectivity index (χ1) is 11.6. The summed E-state index contributed by atoms with van der Waals surface area (Å²) in [5.41, 5.74) is -0.0299. The van der Waals surface area contributed by atoms with Crippen LogP contribution in [0.5, 0.6) is 0 Å².